The van der Waals surface area contributed by atoms with Crippen LogP contribution in [0.25, 0.3) is 0 Å². The van der Waals surface area contributed by atoms with Crippen molar-refractivity contribution in [1.29, 1.82) is 0 Å². The number of hydrogen-bond donors (Lipinski definition) is 3. The zero-order chi connectivity index (χ0) is 14.7. The minimum absolute atomic E-state index is 0.0236. The quantitative estimate of drug-likeness (QED) is 0.736. The van der Waals surface area contributed by atoms with Crippen LogP contribution in [0.4, 0.5) is 11.6 Å². The van der Waals surface area contributed by atoms with Crippen molar-refractivity contribution in [3.63, 3.8) is 0 Å². The Morgan fingerprint density at radius 2 is 2.00 bits per heavy atom. The molecule has 6 nitrogen and oxygen atoms in total. The summed E-state index contributed by atoms with van der Waals surface area (Å²) in [5, 5.41) is 9.09. The van der Waals surface area contributed by atoms with E-state index >= 15 is 0 Å². The Morgan fingerprint density at radius 1 is 1.35 bits per heavy atom. The van der Waals surface area contributed by atoms with Gasteiger partial charge in [0.1, 0.15) is 23.5 Å². The van der Waals surface area contributed by atoms with Gasteiger partial charge in [0.05, 0.1) is 0 Å². The molecule has 1 aromatic heterocycles. The van der Waals surface area contributed by atoms with Crippen molar-refractivity contribution in [3.8, 4) is 0 Å². The average Bonchev–Trinajstić information content (AvgIpc) is 3.25. The summed E-state index contributed by atoms with van der Waals surface area (Å²) < 4.78 is 0. The van der Waals surface area contributed by atoms with Gasteiger partial charge in [0.15, 0.2) is 0 Å². The van der Waals surface area contributed by atoms with Crippen LogP contribution in [0.1, 0.15) is 44.0 Å². The molecule has 1 heterocycles. The molecule has 1 amide bonds. The van der Waals surface area contributed by atoms with Crippen molar-refractivity contribution in [3.05, 3.63) is 11.4 Å². The van der Waals surface area contributed by atoms with Crippen LogP contribution < -0.4 is 16.0 Å². The average molecular weight is 277 g/mol. The zero-order valence-electron chi connectivity index (χ0n) is 12.6. The molecule has 110 valence electrons. The summed E-state index contributed by atoms with van der Waals surface area (Å²) in [6, 6.07) is -0.319. The lowest BCUT2D eigenvalue weighted by atomic mass is 10.2. The molecule has 6 heteroatoms. The van der Waals surface area contributed by atoms with Gasteiger partial charge in [-0.1, -0.05) is 0 Å². The lowest BCUT2D eigenvalue weighted by Crippen LogP contribution is -2.37. The van der Waals surface area contributed by atoms with Crippen molar-refractivity contribution in [1.82, 2.24) is 15.3 Å². The molecule has 0 bridgehead atoms. The van der Waals surface area contributed by atoms with E-state index in [0.717, 1.165) is 35.9 Å². The Morgan fingerprint density at radius 3 is 2.55 bits per heavy atom. The van der Waals surface area contributed by atoms with Crippen LogP contribution >= 0.6 is 0 Å². The third kappa shape index (κ3) is 3.18. The van der Waals surface area contributed by atoms with Crippen LogP contribution in [-0.2, 0) is 4.79 Å². The minimum Gasteiger partial charge on any atom is -0.373 e. The highest BCUT2D eigenvalue weighted by molar-refractivity contribution is 5.84. The Bertz CT molecular complexity index is 499. The van der Waals surface area contributed by atoms with Crippen LogP contribution in [0.15, 0.2) is 0 Å². The fraction of sp³-hybridized carbons (Fsp3) is 0.643. The summed E-state index contributed by atoms with van der Waals surface area (Å²) in [6.07, 6.45) is 2.30. The number of nitrogens with one attached hydrogen (secondary N) is 3. The highest BCUT2D eigenvalue weighted by atomic mass is 16.2. The van der Waals surface area contributed by atoms with E-state index in [-0.39, 0.29) is 11.9 Å². The predicted octanol–water partition coefficient (Wildman–Crippen LogP) is 1.64. The third-order valence-electron chi connectivity index (χ3n) is 3.44. The number of amides is 1. The highest BCUT2D eigenvalue weighted by Gasteiger charge is 2.28. The van der Waals surface area contributed by atoms with E-state index in [9.17, 15) is 4.79 Å². The van der Waals surface area contributed by atoms with Gasteiger partial charge in [0.25, 0.3) is 0 Å². The molecule has 0 aliphatic heterocycles. The molecule has 0 saturated heterocycles. The number of likely N-dealkylation sites (N-methyl/N-ethyl adjacent to an activating group) is 1. The summed E-state index contributed by atoms with van der Waals surface area (Å²) in [6.45, 7) is 6.32. The van der Waals surface area contributed by atoms with Crippen LogP contribution in [0.2, 0.25) is 0 Å². The Kier molecular flexibility index (Phi) is 4.42. The van der Waals surface area contributed by atoms with Gasteiger partial charge in [-0.3, -0.25) is 4.79 Å². The maximum Gasteiger partial charge on any atom is 0.242 e. The first-order valence-corrected chi connectivity index (χ1v) is 7.17. The first kappa shape index (κ1) is 14.6. The van der Waals surface area contributed by atoms with E-state index in [1.165, 1.54) is 0 Å². The number of nitrogens with zero attached hydrogens (tertiary/aromatic N) is 2. The van der Waals surface area contributed by atoms with Crippen molar-refractivity contribution in [2.24, 2.45) is 0 Å². The van der Waals surface area contributed by atoms with Crippen LogP contribution in [0.3, 0.4) is 0 Å². The first-order chi connectivity index (χ1) is 9.56. The summed E-state index contributed by atoms with van der Waals surface area (Å²) in [4.78, 5) is 20.9. The van der Waals surface area contributed by atoms with Gasteiger partial charge in [0.2, 0.25) is 5.91 Å². The number of anilines is 2. The molecule has 1 unspecified atom stereocenters. The van der Waals surface area contributed by atoms with Crippen LogP contribution in [0.5, 0.6) is 0 Å². The highest BCUT2D eigenvalue weighted by Crippen LogP contribution is 2.39. The number of aromatic nitrogens is 2. The second-order valence-electron chi connectivity index (χ2n) is 5.19. The molecule has 1 aliphatic carbocycles. The fourth-order valence-electron chi connectivity index (χ4n) is 2.04. The second-order valence-corrected chi connectivity index (χ2v) is 5.19. The molecular weight excluding hydrogens is 254 g/mol. The minimum atomic E-state index is -0.319. The SMILES string of the molecule is CCNC(=O)C(C)Nc1nc(C2CC2)nc(NC)c1C. The molecule has 0 aromatic carbocycles. The zero-order valence-corrected chi connectivity index (χ0v) is 12.6. The van der Waals surface area contributed by atoms with Crippen molar-refractivity contribution >= 4 is 17.5 Å². The standard InChI is InChI=1S/C14H23N5O/c1-5-16-14(20)9(3)17-12-8(2)11(15-4)18-13(19-12)10-6-7-10/h9-10H,5-7H2,1-4H3,(H,16,20)(H2,15,17,18,19). The number of carbonyl (C=O) groups excluding carboxylic acids is 1. The van der Waals surface area contributed by atoms with Gasteiger partial charge in [-0.05, 0) is 33.6 Å². The molecule has 1 aliphatic rings. The van der Waals surface area contributed by atoms with E-state index < -0.39 is 0 Å². The topological polar surface area (TPSA) is 78.9 Å². The largest absolute Gasteiger partial charge is 0.373 e. The normalized spacial score (nSPS) is 15.6. The van der Waals surface area contributed by atoms with Gasteiger partial charge < -0.3 is 16.0 Å². The Labute approximate surface area is 119 Å². The van der Waals surface area contributed by atoms with Gasteiger partial charge in [-0.15, -0.1) is 0 Å². The van der Waals surface area contributed by atoms with E-state index in [0.29, 0.717) is 12.5 Å². The molecular formula is C14H23N5O. The van der Waals surface area contributed by atoms with Crippen LogP contribution in [-0.4, -0.2) is 35.5 Å². The number of hydrogen-bond acceptors (Lipinski definition) is 5. The maximum atomic E-state index is 11.8. The predicted molar refractivity (Wildman–Crippen MR) is 80.1 cm³/mol. The number of rotatable bonds is 6. The van der Waals surface area contributed by atoms with Gasteiger partial charge in [-0.2, -0.15) is 0 Å². The lowest BCUT2D eigenvalue weighted by Gasteiger charge is -2.18. The Balaban J connectivity index is 2.21. The van der Waals surface area contributed by atoms with E-state index in [2.05, 4.69) is 25.9 Å². The maximum absolute atomic E-state index is 11.8. The van der Waals surface area contributed by atoms with E-state index in [4.69, 9.17) is 0 Å². The van der Waals surface area contributed by atoms with Crippen LogP contribution in [0, 0.1) is 6.92 Å². The van der Waals surface area contributed by atoms with Crippen molar-refractivity contribution < 1.29 is 4.79 Å². The molecule has 0 spiro atoms. The molecule has 20 heavy (non-hydrogen) atoms. The number of carbonyl (C=O) groups is 1. The summed E-state index contributed by atoms with van der Waals surface area (Å²) in [5.41, 5.74) is 0.938. The summed E-state index contributed by atoms with van der Waals surface area (Å²) in [7, 11) is 1.85. The fourth-order valence-corrected chi connectivity index (χ4v) is 2.04. The molecule has 2 rings (SSSR count). The molecule has 0 radical (unpaired) electrons. The summed E-state index contributed by atoms with van der Waals surface area (Å²) >= 11 is 0. The molecule has 1 fully saturated rings. The van der Waals surface area contributed by atoms with Gasteiger partial charge in [0, 0.05) is 25.1 Å². The first-order valence-electron chi connectivity index (χ1n) is 7.17. The molecule has 3 N–H and O–H groups in total. The second kappa shape index (κ2) is 6.07. The van der Waals surface area contributed by atoms with E-state index in [1.807, 2.05) is 27.8 Å². The lowest BCUT2D eigenvalue weighted by molar-refractivity contribution is -0.121. The molecule has 1 atom stereocenters. The van der Waals surface area contributed by atoms with Crippen molar-refractivity contribution in [2.45, 2.75) is 45.6 Å². The Hall–Kier alpha value is -1.85. The summed E-state index contributed by atoms with van der Waals surface area (Å²) in [5.74, 6) is 2.88. The van der Waals surface area contributed by atoms with Gasteiger partial charge in [-0.25, -0.2) is 9.97 Å². The molecule has 1 aromatic rings. The van der Waals surface area contributed by atoms with Gasteiger partial charge >= 0.3 is 0 Å². The smallest absolute Gasteiger partial charge is 0.242 e. The van der Waals surface area contributed by atoms with Crippen molar-refractivity contribution in [2.75, 3.05) is 24.2 Å². The molecule has 1 saturated carbocycles. The monoisotopic (exact) mass is 277 g/mol. The third-order valence-corrected chi connectivity index (χ3v) is 3.44. The van der Waals surface area contributed by atoms with E-state index in [1.54, 1.807) is 0 Å².